The molecular formula is C13H16FNS. The minimum atomic E-state index is -0.195. The highest BCUT2D eigenvalue weighted by atomic mass is 32.2. The van der Waals surface area contributed by atoms with Gasteiger partial charge in [-0.3, -0.25) is 4.99 Å². The summed E-state index contributed by atoms with van der Waals surface area (Å²) in [6.07, 6.45) is 4.85. The van der Waals surface area contributed by atoms with Crippen LogP contribution in [0, 0.1) is 5.82 Å². The molecule has 3 heteroatoms. The van der Waals surface area contributed by atoms with Crippen LogP contribution in [0.1, 0.15) is 20.3 Å². The van der Waals surface area contributed by atoms with Gasteiger partial charge in [-0.05, 0) is 37.6 Å². The predicted molar refractivity (Wildman–Crippen MR) is 69.7 cm³/mol. The average molecular weight is 237 g/mol. The summed E-state index contributed by atoms with van der Waals surface area (Å²) in [4.78, 5) is 5.40. The Kier molecular flexibility index (Phi) is 5.86. The first-order valence-corrected chi connectivity index (χ1v) is 6.31. The van der Waals surface area contributed by atoms with E-state index in [9.17, 15) is 4.39 Å². The molecule has 1 nitrogen and oxygen atoms in total. The van der Waals surface area contributed by atoms with E-state index in [0.717, 1.165) is 22.8 Å². The van der Waals surface area contributed by atoms with Crippen LogP contribution < -0.4 is 0 Å². The van der Waals surface area contributed by atoms with Gasteiger partial charge in [-0.1, -0.05) is 13.0 Å². The van der Waals surface area contributed by atoms with Gasteiger partial charge in [0.25, 0.3) is 0 Å². The van der Waals surface area contributed by atoms with Crippen LogP contribution in [0.2, 0.25) is 0 Å². The maximum absolute atomic E-state index is 12.7. The SMILES string of the molecule is C/C=C(/CSc1ccc(F)cc1)N=CCC. The number of thioether (sulfide) groups is 1. The Bertz CT molecular complexity index is 368. The fourth-order valence-corrected chi connectivity index (χ4v) is 1.98. The summed E-state index contributed by atoms with van der Waals surface area (Å²) in [5.74, 6) is 0.623. The maximum Gasteiger partial charge on any atom is 0.123 e. The molecule has 0 unspecified atom stereocenters. The van der Waals surface area contributed by atoms with Crippen molar-refractivity contribution >= 4 is 18.0 Å². The second-order valence-electron chi connectivity index (χ2n) is 3.24. The number of rotatable bonds is 5. The average Bonchev–Trinajstić information content (AvgIpc) is 2.32. The van der Waals surface area contributed by atoms with Crippen molar-refractivity contribution in [1.29, 1.82) is 0 Å². The number of allylic oxidation sites excluding steroid dienone is 1. The van der Waals surface area contributed by atoms with E-state index in [1.54, 1.807) is 23.9 Å². The Morgan fingerprint density at radius 2 is 2.06 bits per heavy atom. The van der Waals surface area contributed by atoms with Crippen molar-refractivity contribution in [2.24, 2.45) is 4.99 Å². The molecule has 1 aromatic rings. The summed E-state index contributed by atoms with van der Waals surface area (Å²) in [6, 6.07) is 6.54. The second kappa shape index (κ2) is 7.23. The van der Waals surface area contributed by atoms with Crippen LogP contribution in [-0.4, -0.2) is 12.0 Å². The van der Waals surface area contributed by atoms with Crippen LogP contribution >= 0.6 is 11.8 Å². The van der Waals surface area contributed by atoms with Crippen molar-refractivity contribution in [2.45, 2.75) is 25.2 Å². The van der Waals surface area contributed by atoms with Crippen LogP contribution in [0.15, 0.2) is 45.9 Å². The number of hydrogen-bond acceptors (Lipinski definition) is 2. The monoisotopic (exact) mass is 237 g/mol. The molecule has 1 aromatic carbocycles. The summed E-state index contributed by atoms with van der Waals surface area (Å²) < 4.78 is 12.7. The summed E-state index contributed by atoms with van der Waals surface area (Å²) in [5, 5.41) is 0. The van der Waals surface area contributed by atoms with Crippen LogP contribution in [-0.2, 0) is 0 Å². The van der Waals surface area contributed by atoms with E-state index in [2.05, 4.69) is 11.9 Å². The van der Waals surface area contributed by atoms with E-state index < -0.39 is 0 Å². The highest BCUT2D eigenvalue weighted by Crippen LogP contribution is 2.21. The molecule has 0 bridgehead atoms. The van der Waals surface area contributed by atoms with Crippen molar-refractivity contribution in [3.05, 3.63) is 41.9 Å². The highest BCUT2D eigenvalue weighted by molar-refractivity contribution is 7.99. The molecule has 0 radical (unpaired) electrons. The van der Waals surface area contributed by atoms with Crippen LogP contribution in [0.25, 0.3) is 0 Å². The first-order chi connectivity index (χ1) is 7.76. The van der Waals surface area contributed by atoms with Gasteiger partial charge in [-0.15, -0.1) is 11.8 Å². The predicted octanol–water partition coefficient (Wildman–Crippen LogP) is 4.30. The van der Waals surface area contributed by atoms with Gasteiger partial charge in [0.15, 0.2) is 0 Å². The Morgan fingerprint density at radius 1 is 1.38 bits per heavy atom. The van der Waals surface area contributed by atoms with E-state index in [-0.39, 0.29) is 5.82 Å². The normalized spacial score (nSPS) is 12.3. The van der Waals surface area contributed by atoms with Gasteiger partial charge in [-0.2, -0.15) is 0 Å². The minimum absolute atomic E-state index is 0.195. The van der Waals surface area contributed by atoms with Gasteiger partial charge in [0, 0.05) is 22.6 Å². The largest absolute Gasteiger partial charge is 0.265 e. The quantitative estimate of drug-likeness (QED) is 0.549. The molecule has 0 aliphatic carbocycles. The molecule has 1 rings (SSSR count). The van der Waals surface area contributed by atoms with Crippen molar-refractivity contribution < 1.29 is 4.39 Å². The zero-order valence-corrected chi connectivity index (χ0v) is 10.4. The van der Waals surface area contributed by atoms with Crippen molar-refractivity contribution in [1.82, 2.24) is 0 Å². The van der Waals surface area contributed by atoms with Crippen LogP contribution in [0.4, 0.5) is 4.39 Å². The lowest BCUT2D eigenvalue weighted by atomic mass is 10.4. The Balaban J connectivity index is 2.50. The first kappa shape index (κ1) is 13.0. The fourth-order valence-electron chi connectivity index (χ4n) is 1.09. The standard InChI is InChI=1S/C13H16FNS/c1-3-9-15-12(4-2)10-16-13-7-5-11(14)6-8-13/h4-9H,3,10H2,1-2H3/b12-4-,15-9?. The third-order valence-corrected chi connectivity index (χ3v) is 3.02. The van der Waals surface area contributed by atoms with Crippen molar-refractivity contribution in [3.63, 3.8) is 0 Å². The van der Waals surface area contributed by atoms with Gasteiger partial charge in [0.1, 0.15) is 5.82 Å². The van der Waals surface area contributed by atoms with E-state index >= 15 is 0 Å². The summed E-state index contributed by atoms with van der Waals surface area (Å²) >= 11 is 1.66. The maximum atomic E-state index is 12.7. The summed E-state index contributed by atoms with van der Waals surface area (Å²) in [6.45, 7) is 4.04. The molecule has 0 saturated carbocycles. The molecule has 0 heterocycles. The van der Waals surface area contributed by atoms with E-state index in [1.165, 1.54) is 12.1 Å². The number of halogens is 1. The summed E-state index contributed by atoms with van der Waals surface area (Å²) in [5.41, 5.74) is 1.05. The molecule has 0 fully saturated rings. The van der Waals surface area contributed by atoms with Gasteiger partial charge in [-0.25, -0.2) is 4.39 Å². The van der Waals surface area contributed by atoms with E-state index in [0.29, 0.717) is 0 Å². The van der Waals surface area contributed by atoms with Gasteiger partial charge >= 0.3 is 0 Å². The molecule has 0 aliphatic heterocycles. The molecule has 16 heavy (non-hydrogen) atoms. The lowest BCUT2D eigenvalue weighted by Crippen LogP contribution is -1.85. The van der Waals surface area contributed by atoms with Crippen LogP contribution in [0.5, 0.6) is 0 Å². The zero-order chi connectivity index (χ0) is 11.8. The third-order valence-electron chi connectivity index (χ3n) is 1.97. The lowest BCUT2D eigenvalue weighted by molar-refractivity contribution is 0.626. The van der Waals surface area contributed by atoms with Crippen LogP contribution in [0.3, 0.4) is 0 Å². The molecule has 86 valence electrons. The zero-order valence-electron chi connectivity index (χ0n) is 9.61. The number of aliphatic imine (C=N–C) groups is 1. The van der Waals surface area contributed by atoms with E-state index in [4.69, 9.17) is 0 Å². The molecule has 0 saturated heterocycles. The molecule has 0 amide bonds. The Morgan fingerprint density at radius 3 is 2.62 bits per heavy atom. The first-order valence-electron chi connectivity index (χ1n) is 5.32. The van der Waals surface area contributed by atoms with Crippen molar-refractivity contribution in [3.8, 4) is 0 Å². The number of nitrogens with zero attached hydrogens (tertiary/aromatic N) is 1. The molecule has 0 atom stereocenters. The Hall–Kier alpha value is -1.09. The topological polar surface area (TPSA) is 12.4 Å². The molecular weight excluding hydrogens is 221 g/mol. The fraction of sp³-hybridized carbons (Fsp3) is 0.308. The number of hydrogen-bond donors (Lipinski definition) is 0. The molecule has 0 aromatic heterocycles. The van der Waals surface area contributed by atoms with Gasteiger partial charge in [0.2, 0.25) is 0 Å². The molecule has 0 aliphatic rings. The molecule has 0 spiro atoms. The van der Waals surface area contributed by atoms with Gasteiger partial charge < -0.3 is 0 Å². The smallest absolute Gasteiger partial charge is 0.123 e. The Labute approximate surface area is 100 Å². The summed E-state index contributed by atoms with van der Waals surface area (Å²) in [7, 11) is 0. The highest BCUT2D eigenvalue weighted by Gasteiger charge is 1.97. The third kappa shape index (κ3) is 4.62. The second-order valence-corrected chi connectivity index (χ2v) is 4.29. The minimum Gasteiger partial charge on any atom is -0.265 e. The van der Waals surface area contributed by atoms with E-state index in [1.807, 2.05) is 19.2 Å². The molecule has 0 N–H and O–H groups in total. The lowest BCUT2D eigenvalue weighted by Gasteiger charge is -2.01. The van der Waals surface area contributed by atoms with Gasteiger partial charge in [0.05, 0.1) is 0 Å². The van der Waals surface area contributed by atoms with Crippen molar-refractivity contribution in [2.75, 3.05) is 5.75 Å². The number of benzene rings is 1.